The Labute approximate surface area is 96.5 Å². The van der Waals surface area contributed by atoms with E-state index in [-0.39, 0.29) is 5.56 Å². The van der Waals surface area contributed by atoms with E-state index in [0.29, 0.717) is 34.6 Å². The van der Waals surface area contributed by atoms with Crippen molar-refractivity contribution < 1.29 is 18.7 Å². The third-order valence-electron chi connectivity index (χ3n) is 2.44. The molecular formula is C10H13F2NO2S. The van der Waals surface area contributed by atoms with Gasteiger partial charge in [0.2, 0.25) is 0 Å². The summed E-state index contributed by atoms with van der Waals surface area (Å²) in [6.45, 7) is 5.48. The van der Waals surface area contributed by atoms with Gasteiger partial charge in [0.1, 0.15) is 0 Å². The van der Waals surface area contributed by atoms with E-state index in [9.17, 15) is 13.6 Å². The van der Waals surface area contributed by atoms with Gasteiger partial charge in [-0.25, -0.2) is 4.79 Å². The molecule has 90 valence electrons. The molecule has 0 bridgehead atoms. The summed E-state index contributed by atoms with van der Waals surface area (Å²) in [4.78, 5) is 11.0. The van der Waals surface area contributed by atoms with E-state index in [1.165, 1.54) is 0 Å². The lowest BCUT2D eigenvalue weighted by Crippen LogP contribution is -2.02. The first kappa shape index (κ1) is 13.0. The van der Waals surface area contributed by atoms with Crippen LogP contribution >= 0.6 is 11.8 Å². The van der Waals surface area contributed by atoms with Crippen LogP contribution in [0, 0.1) is 13.8 Å². The predicted molar refractivity (Wildman–Crippen MR) is 58.4 cm³/mol. The van der Waals surface area contributed by atoms with Crippen molar-refractivity contribution in [3.05, 3.63) is 16.8 Å². The van der Waals surface area contributed by atoms with Crippen LogP contribution in [0.4, 0.5) is 8.78 Å². The molecule has 0 spiro atoms. The summed E-state index contributed by atoms with van der Waals surface area (Å²) < 4.78 is 26.3. The van der Waals surface area contributed by atoms with Crippen molar-refractivity contribution in [1.29, 1.82) is 0 Å². The molecule has 0 aliphatic heterocycles. The van der Waals surface area contributed by atoms with Crippen LogP contribution in [0.3, 0.4) is 0 Å². The van der Waals surface area contributed by atoms with Gasteiger partial charge in [0.05, 0.1) is 10.6 Å². The van der Waals surface area contributed by atoms with Crippen LogP contribution in [0.1, 0.15) is 28.5 Å². The Morgan fingerprint density at radius 1 is 1.50 bits per heavy atom. The molecule has 1 aromatic heterocycles. The Kier molecular flexibility index (Phi) is 3.96. The SMILES string of the molecule is CCn1c(C)c(C(=O)O)c(C)c1SC(F)F. The third-order valence-corrected chi connectivity index (χ3v) is 3.37. The topological polar surface area (TPSA) is 42.2 Å². The largest absolute Gasteiger partial charge is 0.478 e. The Morgan fingerprint density at radius 2 is 2.06 bits per heavy atom. The van der Waals surface area contributed by atoms with E-state index in [1.807, 2.05) is 0 Å². The second kappa shape index (κ2) is 4.86. The highest BCUT2D eigenvalue weighted by Crippen LogP contribution is 2.33. The maximum atomic E-state index is 12.4. The van der Waals surface area contributed by atoms with Gasteiger partial charge in [-0.05, 0) is 38.1 Å². The molecule has 0 aliphatic carbocycles. The Bertz CT molecular complexity index is 415. The van der Waals surface area contributed by atoms with Crippen LogP contribution in [-0.4, -0.2) is 21.4 Å². The molecule has 0 fully saturated rings. The second-order valence-electron chi connectivity index (χ2n) is 3.32. The molecule has 6 heteroatoms. The number of nitrogens with zero attached hydrogens (tertiary/aromatic N) is 1. The fraction of sp³-hybridized carbons (Fsp3) is 0.500. The highest BCUT2D eigenvalue weighted by atomic mass is 32.2. The second-order valence-corrected chi connectivity index (χ2v) is 4.30. The smallest absolute Gasteiger partial charge is 0.337 e. The number of alkyl halides is 2. The van der Waals surface area contributed by atoms with Crippen LogP contribution in [0.2, 0.25) is 0 Å². The third kappa shape index (κ3) is 2.21. The molecular weight excluding hydrogens is 236 g/mol. The molecule has 0 aliphatic rings. The minimum Gasteiger partial charge on any atom is -0.478 e. The van der Waals surface area contributed by atoms with Crippen molar-refractivity contribution in [1.82, 2.24) is 4.57 Å². The maximum absolute atomic E-state index is 12.4. The van der Waals surface area contributed by atoms with E-state index >= 15 is 0 Å². The van der Waals surface area contributed by atoms with E-state index in [1.54, 1.807) is 25.3 Å². The fourth-order valence-corrected chi connectivity index (χ4v) is 2.64. The number of halogens is 2. The van der Waals surface area contributed by atoms with Gasteiger partial charge in [0.15, 0.2) is 0 Å². The van der Waals surface area contributed by atoms with Gasteiger partial charge in [0, 0.05) is 12.2 Å². The molecule has 0 amide bonds. The van der Waals surface area contributed by atoms with Crippen molar-refractivity contribution in [2.45, 2.75) is 38.1 Å². The summed E-state index contributed by atoms with van der Waals surface area (Å²) in [5.74, 6) is -3.61. The molecule has 16 heavy (non-hydrogen) atoms. The Morgan fingerprint density at radius 3 is 2.44 bits per heavy atom. The van der Waals surface area contributed by atoms with Gasteiger partial charge in [-0.3, -0.25) is 0 Å². The molecule has 0 radical (unpaired) electrons. The summed E-state index contributed by atoms with van der Waals surface area (Å²) in [5.41, 5.74) is 1.07. The van der Waals surface area contributed by atoms with E-state index in [0.717, 1.165) is 0 Å². The summed E-state index contributed by atoms with van der Waals surface area (Å²) in [6, 6.07) is 0. The number of aromatic carboxylic acids is 1. The summed E-state index contributed by atoms with van der Waals surface area (Å²) in [5, 5.41) is 9.34. The maximum Gasteiger partial charge on any atom is 0.337 e. The van der Waals surface area contributed by atoms with Crippen molar-refractivity contribution in [2.75, 3.05) is 0 Å². The zero-order valence-electron chi connectivity index (χ0n) is 9.25. The number of carbonyl (C=O) groups is 1. The number of hydrogen-bond donors (Lipinski definition) is 1. The number of aromatic nitrogens is 1. The zero-order chi connectivity index (χ0) is 12.5. The van der Waals surface area contributed by atoms with Crippen LogP contribution in [0.25, 0.3) is 0 Å². The van der Waals surface area contributed by atoms with E-state index in [4.69, 9.17) is 5.11 Å². The fourth-order valence-electron chi connectivity index (χ4n) is 1.80. The monoisotopic (exact) mass is 249 g/mol. The average Bonchev–Trinajstić information content (AvgIpc) is 2.37. The average molecular weight is 249 g/mol. The van der Waals surface area contributed by atoms with Gasteiger partial charge < -0.3 is 9.67 Å². The predicted octanol–water partition coefficient (Wildman–Crippen LogP) is 3.14. The normalized spacial score (nSPS) is 11.1. The molecule has 0 aromatic carbocycles. The number of thioether (sulfide) groups is 1. The number of carboxylic acids is 1. The van der Waals surface area contributed by atoms with Crippen molar-refractivity contribution in [3.63, 3.8) is 0 Å². The Hall–Kier alpha value is -1.04. The first-order chi connectivity index (χ1) is 7.40. The molecule has 3 nitrogen and oxygen atoms in total. The van der Waals surface area contributed by atoms with Gasteiger partial charge in [-0.15, -0.1) is 0 Å². The molecule has 0 atom stereocenters. The number of hydrogen-bond acceptors (Lipinski definition) is 2. The summed E-state index contributed by atoms with van der Waals surface area (Å²) in [7, 11) is 0. The van der Waals surface area contributed by atoms with Crippen LogP contribution in [0.5, 0.6) is 0 Å². The minimum absolute atomic E-state index is 0.130. The van der Waals surface area contributed by atoms with Gasteiger partial charge in [-0.2, -0.15) is 8.78 Å². The first-order valence-corrected chi connectivity index (χ1v) is 5.65. The number of carboxylic acid groups (broad SMARTS) is 1. The van der Waals surface area contributed by atoms with Crippen LogP contribution < -0.4 is 0 Å². The quantitative estimate of drug-likeness (QED) is 0.833. The lowest BCUT2D eigenvalue weighted by atomic mass is 10.2. The van der Waals surface area contributed by atoms with Gasteiger partial charge in [0.25, 0.3) is 5.76 Å². The van der Waals surface area contributed by atoms with Crippen molar-refractivity contribution in [2.24, 2.45) is 0 Å². The first-order valence-electron chi connectivity index (χ1n) is 4.77. The van der Waals surface area contributed by atoms with E-state index < -0.39 is 11.7 Å². The molecule has 1 aromatic rings. The zero-order valence-corrected chi connectivity index (χ0v) is 10.1. The van der Waals surface area contributed by atoms with E-state index in [2.05, 4.69) is 0 Å². The van der Waals surface area contributed by atoms with Crippen molar-refractivity contribution >= 4 is 17.7 Å². The van der Waals surface area contributed by atoms with Crippen LogP contribution in [0.15, 0.2) is 5.03 Å². The standard InChI is InChI=1S/C10H13F2NO2S/c1-4-13-6(3)7(9(14)15)5(2)8(13)16-10(11)12/h10H,4H2,1-3H3,(H,14,15). The lowest BCUT2D eigenvalue weighted by molar-refractivity contribution is 0.0695. The van der Waals surface area contributed by atoms with Gasteiger partial charge in [-0.1, -0.05) is 0 Å². The lowest BCUT2D eigenvalue weighted by Gasteiger charge is -2.08. The molecule has 1 N–H and O–H groups in total. The summed E-state index contributed by atoms with van der Waals surface area (Å²) >= 11 is 0.395. The number of rotatable bonds is 4. The van der Waals surface area contributed by atoms with Gasteiger partial charge >= 0.3 is 5.97 Å². The molecule has 0 unspecified atom stereocenters. The highest BCUT2D eigenvalue weighted by Gasteiger charge is 2.23. The molecule has 0 saturated carbocycles. The highest BCUT2D eigenvalue weighted by molar-refractivity contribution is 7.99. The van der Waals surface area contributed by atoms with Crippen LogP contribution in [-0.2, 0) is 6.54 Å². The minimum atomic E-state index is -2.54. The molecule has 1 heterocycles. The molecule has 0 saturated heterocycles. The van der Waals surface area contributed by atoms with Crippen molar-refractivity contribution in [3.8, 4) is 0 Å². The summed E-state index contributed by atoms with van der Waals surface area (Å²) in [6.07, 6.45) is 0. The Balaban J connectivity index is 3.36. The molecule has 1 rings (SSSR count).